The van der Waals surface area contributed by atoms with Gasteiger partial charge in [-0.05, 0) is 48.8 Å². The van der Waals surface area contributed by atoms with Crippen molar-refractivity contribution in [1.29, 1.82) is 0 Å². The highest BCUT2D eigenvalue weighted by Gasteiger charge is 2.32. The zero-order valence-electron chi connectivity index (χ0n) is 13.5. The van der Waals surface area contributed by atoms with Gasteiger partial charge in [0.25, 0.3) is 0 Å². The van der Waals surface area contributed by atoms with Crippen LogP contribution in [0.2, 0.25) is 0 Å². The fraction of sp³-hybridized carbons (Fsp3) is 0.611. The van der Waals surface area contributed by atoms with Gasteiger partial charge in [0.05, 0.1) is 7.11 Å². The molecule has 2 rings (SSSR count). The molecule has 3 nitrogen and oxygen atoms in total. The minimum atomic E-state index is 0.227. The largest absolute Gasteiger partial charge is 0.493 e. The highest BCUT2D eigenvalue weighted by atomic mass is 16.5. The molecule has 0 spiro atoms. The van der Waals surface area contributed by atoms with E-state index in [1.807, 2.05) is 6.07 Å². The van der Waals surface area contributed by atoms with E-state index in [9.17, 15) is 4.79 Å². The molecule has 3 atom stereocenters. The van der Waals surface area contributed by atoms with Crippen LogP contribution >= 0.6 is 0 Å². The number of rotatable bonds is 5. The lowest BCUT2D eigenvalue weighted by Crippen LogP contribution is -2.36. The Morgan fingerprint density at radius 1 is 1.24 bits per heavy atom. The normalized spacial score (nSPS) is 25.7. The Kier molecular flexibility index (Phi) is 5.27. The molecule has 0 aromatic heterocycles. The van der Waals surface area contributed by atoms with Gasteiger partial charge in [0, 0.05) is 5.56 Å². The number of carbonyl (C=O) groups excluding carboxylic acids is 1. The molecule has 1 fully saturated rings. The van der Waals surface area contributed by atoms with Crippen LogP contribution in [-0.4, -0.2) is 19.5 Å². The summed E-state index contributed by atoms with van der Waals surface area (Å²) in [6.45, 7) is 6.83. The fourth-order valence-electron chi connectivity index (χ4n) is 3.27. The molecule has 0 bridgehead atoms. The molecular formula is C18H26O3. The number of aldehydes is 1. The van der Waals surface area contributed by atoms with E-state index < -0.39 is 0 Å². The summed E-state index contributed by atoms with van der Waals surface area (Å²) in [6, 6.07) is 5.36. The smallest absolute Gasteiger partial charge is 0.161 e. The Morgan fingerprint density at radius 3 is 2.62 bits per heavy atom. The van der Waals surface area contributed by atoms with Gasteiger partial charge in [-0.2, -0.15) is 0 Å². The van der Waals surface area contributed by atoms with Gasteiger partial charge in [-0.25, -0.2) is 0 Å². The molecule has 0 heterocycles. The number of methoxy groups -OCH3 is 1. The van der Waals surface area contributed by atoms with Gasteiger partial charge in [-0.15, -0.1) is 0 Å². The van der Waals surface area contributed by atoms with Crippen molar-refractivity contribution in [2.45, 2.75) is 46.1 Å². The summed E-state index contributed by atoms with van der Waals surface area (Å²) < 4.78 is 11.6. The Balaban J connectivity index is 2.20. The van der Waals surface area contributed by atoms with Crippen LogP contribution in [-0.2, 0) is 0 Å². The van der Waals surface area contributed by atoms with Gasteiger partial charge in [-0.3, -0.25) is 4.79 Å². The molecule has 0 saturated heterocycles. The highest BCUT2D eigenvalue weighted by Crippen LogP contribution is 2.38. The van der Waals surface area contributed by atoms with Crippen molar-refractivity contribution >= 4 is 6.29 Å². The van der Waals surface area contributed by atoms with E-state index in [1.54, 1.807) is 19.2 Å². The third-order valence-corrected chi connectivity index (χ3v) is 4.56. The molecule has 0 aliphatic heterocycles. The average Bonchev–Trinajstić information content (AvgIpc) is 2.47. The van der Waals surface area contributed by atoms with Crippen molar-refractivity contribution in [3.63, 3.8) is 0 Å². The van der Waals surface area contributed by atoms with Crippen molar-refractivity contribution in [3.05, 3.63) is 23.8 Å². The van der Waals surface area contributed by atoms with Crippen LogP contribution < -0.4 is 9.47 Å². The van der Waals surface area contributed by atoms with Gasteiger partial charge in [0.1, 0.15) is 12.4 Å². The van der Waals surface area contributed by atoms with Crippen LogP contribution in [0.3, 0.4) is 0 Å². The number of carbonyl (C=O) groups is 1. The predicted octanol–water partition coefficient (Wildman–Crippen LogP) is 4.35. The molecule has 1 aromatic rings. The first-order chi connectivity index (χ1) is 10.0. The van der Waals surface area contributed by atoms with E-state index in [0.717, 1.165) is 18.5 Å². The summed E-state index contributed by atoms with van der Waals surface area (Å²) in [5.74, 6) is 3.28. The number of hydrogen-bond acceptors (Lipinski definition) is 3. The topological polar surface area (TPSA) is 35.5 Å². The number of ether oxygens (including phenoxy) is 2. The van der Waals surface area contributed by atoms with Crippen molar-refractivity contribution in [3.8, 4) is 11.5 Å². The van der Waals surface area contributed by atoms with Crippen LogP contribution in [0.5, 0.6) is 11.5 Å². The molecule has 1 aliphatic carbocycles. The summed E-state index contributed by atoms with van der Waals surface area (Å²) in [5, 5.41) is 0. The second-order valence-electron chi connectivity index (χ2n) is 6.51. The van der Waals surface area contributed by atoms with E-state index in [4.69, 9.17) is 9.47 Å². The second kappa shape index (κ2) is 6.97. The molecule has 116 valence electrons. The molecule has 1 aliphatic rings. The first-order valence-electron chi connectivity index (χ1n) is 7.85. The van der Waals surface area contributed by atoms with E-state index in [-0.39, 0.29) is 6.10 Å². The van der Waals surface area contributed by atoms with Crippen molar-refractivity contribution < 1.29 is 14.3 Å². The third kappa shape index (κ3) is 3.78. The van der Waals surface area contributed by atoms with E-state index >= 15 is 0 Å². The maximum Gasteiger partial charge on any atom is 0.161 e. The quantitative estimate of drug-likeness (QED) is 0.756. The molecule has 3 heteroatoms. The molecular weight excluding hydrogens is 264 g/mol. The summed E-state index contributed by atoms with van der Waals surface area (Å²) in [7, 11) is 1.61. The SMILES string of the molecule is COc1cc(C=O)ccc1O[C@@H]1C[C@H](C)CC[C@H]1C(C)C. The molecule has 21 heavy (non-hydrogen) atoms. The molecule has 0 amide bonds. The fourth-order valence-corrected chi connectivity index (χ4v) is 3.27. The summed E-state index contributed by atoms with van der Waals surface area (Å²) >= 11 is 0. The monoisotopic (exact) mass is 290 g/mol. The van der Waals surface area contributed by atoms with Gasteiger partial charge in [-0.1, -0.05) is 27.2 Å². The Labute approximate surface area is 127 Å². The maximum atomic E-state index is 10.9. The Hall–Kier alpha value is -1.51. The second-order valence-corrected chi connectivity index (χ2v) is 6.51. The third-order valence-electron chi connectivity index (χ3n) is 4.56. The lowest BCUT2D eigenvalue weighted by Gasteiger charge is -2.37. The van der Waals surface area contributed by atoms with Crippen molar-refractivity contribution in [1.82, 2.24) is 0 Å². The zero-order valence-corrected chi connectivity index (χ0v) is 13.5. The summed E-state index contributed by atoms with van der Waals surface area (Å²) in [4.78, 5) is 10.9. The van der Waals surface area contributed by atoms with Crippen LogP contribution in [0.15, 0.2) is 18.2 Å². The maximum absolute atomic E-state index is 10.9. The number of benzene rings is 1. The first-order valence-corrected chi connectivity index (χ1v) is 7.85. The van der Waals surface area contributed by atoms with Crippen molar-refractivity contribution in [2.24, 2.45) is 17.8 Å². The summed E-state index contributed by atoms with van der Waals surface area (Å²) in [5.41, 5.74) is 0.608. The lowest BCUT2D eigenvalue weighted by atomic mass is 9.75. The van der Waals surface area contributed by atoms with E-state index in [2.05, 4.69) is 20.8 Å². The summed E-state index contributed by atoms with van der Waals surface area (Å²) in [6.07, 6.45) is 4.64. The van der Waals surface area contributed by atoms with Gasteiger partial charge in [0.2, 0.25) is 0 Å². The lowest BCUT2D eigenvalue weighted by molar-refractivity contribution is 0.0440. The van der Waals surface area contributed by atoms with Gasteiger partial charge in [0.15, 0.2) is 11.5 Å². The molecule has 1 saturated carbocycles. The zero-order chi connectivity index (χ0) is 15.4. The van der Waals surface area contributed by atoms with Crippen LogP contribution in [0.4, 0.5) is 0 Å². The van der Waals surface area contributed by atoms with E-state index in [0.29, 0.717) is 29.1 Å². The predicted molar refractivity (Wildman–Crippen MR) is 84.1 cm³/mol. The first kappa shape index (κ1) is 15.9. The Morgan fingerprint density at radius 2 is 2.00 bits per heavy atom. The minimum absolute atomic E-state index is 0.227. The molecule has 1 aromatic carbocycles. The highest BCUT2D eigenvalue weighted by molar-refractivity contribution is 5.76. The minimum Gasteiger partial charge on any atom is -0.493 e. The van der Waals surface area contributed by atoms with Crippen LogP contribution in [0.1, 0.15) is 50.4 Å². The van der Waals surface area contributed by atoms with Crippen LogP contribution in [0, 0.1) is 17.8 Å². The Bertz CT molecular complexity index is 481. The molecule has 0 unspecified atom stereocenters. The van der Waals surface area contributed by atoms with Gasteiger partial charge >= 0.3 is 0 Å². The average molecular weight is 290 g/mol. The van der Waals surface area contributed by atoms with Gasteiger partial charge < -0.3 is 9.47 Å². The van der Waals surface area contributed by atoms with Crippen LogP contribution in [0.25, 0.3) is 0 Å². The molecule has 0 radical (unpaired) electrons. The van der Waals surface area contributed by atoms with Crippen molar-refractivity contribution in [2.75, 3.05) is 7.11 Å². The number of hydrogen-bond donors (Lipinski definition) is 0. The molecule has 0 N–H and O–H groups in total. The standard InChI is InChI=1S/C18H26O3/c1-12(2)15-7-5-13(3)9-17(15)21-16-8-6-14(11-19)10-18(16)20-4/h6,8,10-13,15,17H,5,7,9H2,1-4H3/t13-,15+,17-/m1/s1. The van der Waals surface area contributed by atoms with E-state index in [1.165, 1.54) is 12.8 Å².